The average molecular weight is 568 g/mol. The Labute approximate surface area is 213 Å². The maximum absolute atomic E-state index is 12.9. The number of nitrogens with zero attached hydrogens (tertiary/aromatic N) is 4. The number of likely N-dealkylation sites (N-methyl/N-ethyl adjacent to an activating group) is 1. The van der Waals surface area contributed by atoms with Crippen LogP contribution in [0.15, 0.2) is 64.1 Å². The van der Waals surface area contributed by atoms with Gasteiger partial charge in [0.1, 0.15) is 0 Å². The normalized spacial score (nSPS) is 14.9. The SMILES string of the molecule is CN1CCN(S(=O)(=O)c2ccc(-c3cnc(N)c(C(=O)Nc4cccc(Br)c4)n3)cc2)CC1.Cl. The molecule has 1 aromatic heterocycles. The molecule has 0 spiro atoms. The van der Waals surface area contributed by atoms with Crippen LogP contribution in [0.25, 0.3) is 11.3 Å². The molecule has 1 saturated heterocycles. The second-order valence-corrected chi connectivity index (χ2v) is 10.5. The van der Waals surface area contributed by atoms with Crippen LogP contribution in [0.5, 0.6) is 0 Å². The van der Waals surface area contributed by atoms with Crippen molar-refractivity contribution in [1.82, 2.24) is 19.2 Å². The van der Waals surface area contributed by atoms with Crippen molar-refractivity contribution in [2.45, 2.75) is 4.90 Å². The molecule has 1 amide bonds. The summed E-state index contributed by atoms with van der Waals surface area (Å²) in [7, 11) is -1.60. The third-order valence-electron chi connectivity index (χ3n) is 5.35. The minimum Gasteiger partial charge on any atom is -0.382 e. The first-order valence-corrected chi connectivity index (χ1v) is 12.5. The average Bonchev–Trinajstić information content (AvgIpc) is 2.80. The van der Waals surface area contributed by atoms with Crippen molar-refractivity contribution in [3.8, 4) is 11.3 Å². The van der Waals surface area contributed by atoms with Crippen molar-refractivity contribution in [3.05, 3.63) is 64.9 Å². The highest BCUT2D eigenvalue weighted by atomic mass is 79.9. The van der Waals surface area contributed by atoms with E-state index in [1.54, 1.807) is 42.5 Å². The van der Waals surface area contributed by atoms with Gasteiger partial charge in [0, 0.05) is 41.9 Å². The molecule has 3 aromatic rings. The Morgan fingerprint density at radius 3 is 2.41 bits per heavy atom. The topological polar surface area (TPSA) is 122 Å². The lowest BCUT2D eigenvalue weighted by Gasteiger charge is -2.31. The van der Waals surface area contributed by atoms with Crippen LogP contribution in [-0.4, -0.2) is 66.7 Å². The molecule has 34 heavy (non-hydrogen) atoms. The van der Waals surface area contributed by atoms with Gasteiger partial charge in [0.05, 0.1) is 16.8 Å². The van der Waals surface area contributed by atoms with Crippen LogP contribution in [0, 0.1) is 0 Å². The lowest BCUT2D eigenvalue weighted by molar-refractivity contribution is 0.102. The molecule has 4 rings (SSSR count). The van der Waals surface area contributed by atoms with E-state index in [9.17, 15) is 13.2 Å². The van der Waals surface area contributed by atoms with Crippen molar-refractivity contribution in [2.75, 3.05) is 44.3 Å². The zero-order chi connectivity index (χ0) is 23.6. The molecule has 3 N–H and O–H groups in total. The van der Waals surface area contributed by atoms with E-state index in [2.05, 4.69) is 36.1 Å². The van der Waals surface area contributed by atoms with Crippen LogP contribution in [0.3, 0.4) is 0 Å². The molecule has 0 unspecified atom stereocenters. The van der Waals surface area contributed by atoms with Crippen LogP contribution < -0.4 is 11.1 Å². The van der Waals surface area contributed by atoms with Crippen molar-refractivity contribution >= 4 is 55.8 Å². The molecular formula is C22H24BrClN6O3S. The van der Waals surface area contributed by atoms with E-state index in [1.807, 2.05) is 13.1 Å². The first kappa shape index (κ1) is 26.0. The van der Waals surface area contributed by atoms with Crippen molar-refractivity contribution in [3.63, 3.8) is 0 Å². The standard InChI is InChI=1S/C22H23BrN6O3S.ClH/c1-28-9-11-29(12-10-28)33(31,32)18-7-5-15(6-8-18)19-14-25-21(24)20(27-19)22(30)26-17-4-2-3-16(23)13-17;/h2-8,13-14H,9-12H2,1H3,(H2,24,25)(H,26,30);1H. The third kappa shape index (κ3) is 5.73. The fourth-order valence-electron chi connectivity index (χ4n) is 3.44. The Balaban J connectivity index is 0.00000324. The number of aromatic nitrogens is 2. The van der Waals surface area contributed by atoms with Gasteiger partial charge >= 0.3 is 0 Å². The quantitative estimate of drug-likeness (QED) is 0.486. The first-order valence-electron chi connectivity index (χ1n) is 10.2. The monoisotopic (exact) mass is 566 g/mol. The number of hydrogen-bond acceptors (Lipinski definition) is 7. The van der Waals surface area contributed by atoms with Gasteiger partial charge in [0.15, 0.2) is 11.5 Å². The summed E-state index contributed by atoms with van der Waals surface area (Å²) in [5.41, 5.74) is 7.49. The van der Waals surface area contributed by atoms with Gasteiger partial charge in [-0.3, -0.25) is 4.79 Å². The Hall–Kier alpha value is -2.57. The molecule has 180 valence electrons. The fourth-order valence-corrected chi connectivity index (χ4v) is 5.26. The van der Waals surface area contributed by atoms with Gasteiger partial charge in [0.2, 0.25) is 10.0 Å². The molecule has 1 aliphatic heterocycles. The van der Waals surface area contributed by atoms with Crippen LogP contribution in [0.1, 0.15) is 10.5 Å². The van der Waals surface area contributed by atoms with Crippen LogP contribution in [0.4, 0.5) is 11.5 Å². The van der Waals surface area contributed by atoms with E-state index < -0.39 is 15.9 Å². The Morgan fingerprint density at radius 1 is 1.09 bits per heavy atom. The molecule has 0 radical (unpaired) electrons. The maximum Gasteiger partial charge on any atom is 0.278 e. The number of carbonyl (C=O) groups excluding carboxylic acids is 1. The van der Waals surface area contributed by atoms with Crippen LogP contribution in [0.2, 0.25) is 0 Å². The van der Waals surface area contributed by atoms with E-state index in [0.717, 1.165) is 4.47 Å². The molecule has 0 bridgehead atoms. The van der Waals surface area contributed by atoms with Gasteiger partial charge in [0.25, 0.3) is 5.91 Å². The summed E-state index contributed by atoms with van der Waals surface area (Å²) in [6.07, 6.45) is 1.45. The van der Waals surface area contributed by atoms with Crippen LogP contribution >= 0.6 is 28.3 Å². The second kappa shape index (κ2) is 10.8. The van der Waals surface area contributed by atoms with Gasteiger partial charge in [-0.2, -0.15) is 4.31 Å². The number of nitrogens with two attached hydrogens (primary N) is 1. The largest absolute Gasteiger partial charge is 0.382 e. The predicted molar refractivity (Wildman–Crippen MR) is 137 cm³/mol. The zero-order valence-corrected chi connectivity index (χ0v) is 21.5. The summed E-state index contributed by atoms with van der Waals surface area (Å²) in [6.45, 7) is 2.31. The van der Waals surface area contributed by atoms with Gasteiger partial charge in [-0.05, 0) is 37.4 Å². The molecule has 1 aliphatic rings. The van der Waals surface area contributed by atoms with E-state index in [-0.39, 0.29) is 28.8 Å². The Bertz CT molecular complexity index is 1280. The van der Waals surface area contributed by atoms with Gasteiger partial charge in [-0.25, -0.2) is 18.4 Å². The number of hydrogen-bond donors (Lipinski definition) is 2. The van der Waals surface area contributed by atoms with Gasteiger partial charge < -0.3 is 16.0 Å². The number of piperazine rings is 1. The minimum atomic E-state index is -3.57. The predicted octanol–water partition coefficient (Wildman–Crippen LogP) is 3.10. The van der Waals surface area contributed by atoms with Gasteiger partial charge in [-0.15, -0.1) is 12.4 Å². The summed E-state index contributed by atoms with van der Waals surface area (Å²) in [5, 5.41) is 2.75. The number of anilines is 2. The molecule has 0 aliphatic carbocycles. The van der Waals surface area contributed by atoms with E-state index in [0.29, 0.717) is 43.1 Å². The number of halogens is 2. The number of nitrogens with one attached hydrogen (secondary N) is 1. The maximum atomic E-state index is 12.9. The molecule has 0 saturated carbocycles. The smallest absolute Gasteiger partial charge is 0.278 e. The lowest BCUT2D eigenvalue weighted by Crippen LogP contribution is -2.46. The number of carbonyl (C=O) groups is 1. The summed E-state index contributed by atoms with van der Waals surface area (Å²) < 4.78 is 28.2. The summed E-state index contributed by atoms with van der Waals surface area (Å²) in [4.78, 5) is 23.5. The summed E-state index contributed by atoms with van der Waals surface area (Å²) in [6, 6.07) is 13.5. The number of rotatable bonds is 5. The third-order valence-corrected chi connectivity index (χ3v) is 7.75. The Morgan fingerprint density at radius 2 is 1.76 bits per heavy atom. The highest BCUT2D eigenvalue weighted by Gasteiger charge is 2.27. The number of sulfonamides is 1. The summed E-state index contributed by atoms with van der Waals surface area (Å²) >= 11 is 3.36. The van der Waals surface area contributed by atoms with Crippen LogP contribution in [-0.2, 0) is 10.0 Å². The lowest BCUT2D eigenvalue weighted by atomic mass is 10.1. The molecule has 1 fully saturated rings. The highest BCUT2D eigenvalue weighted by Crippen LogP contribution is 2.24. The van der Waals surface area contributed by atoms with E-state index >= 15 is 0 Å². The van der Waals surface area contributed by atoms with Crippen molar-refractivity contribution in [1.29, 1.82) is 0 Å². The van der Waals surface area contributed by atoms with Crippen molar-refractivity contribution in [2.24, 2.45) is 0 Å². The van der Waals surface area contributed by atoms with E-state index in [4.69, 9.17) is 5.73 Å². The molecule has 2 heterocycles. The van der Waals surface area contributed by atoms with Gasteiger partial charge in [-0.1, -0.05) is 34.1 Å². The number of amides is 1. The molecule has 0 atom stereocenters. The zero-order valence-electron chi connectivity index (χ0n) is 18.3. The molecule has 2 aromatic carbocycles. The minimum absolute atomic E-state index is 0. The first-order chi connectivity index (χ1) is 15.7. The second-order valence-electron chi connectivity index (χ2n) is 7.69. The molecule has 9 nitrogen and oxygen atoms in total. The molecule has 12 heteroatoms. The Kier molecular flexibility index (Phi) is 8.26. The fraction of sp³-hybridized carbons (Fsp3) is 0.227. The number of benzene rings is 2. The number of nitrogen functional groups attached to an aromatic ring is 1. The van der Waals surface area contributed by atoms with Crippen molar-refractivity contribution < 1.29 is 13.2 Å². The molecular weight excluding hydrogens is 544 g/mol. The van der Waals surface area contributed by atoms with E-state index in [1.165, 1.54) is 10.5 Å². The highest BCUT2D eigenvalue weighted by molar-refractivity contribution is 9.10. The summed E-state index contributed by atoms with van der Waals surface area (Å²) in [5.74, 6) is -0.491.